The maximum Gasteiger partial charge on any atom is 0.414 e. The molecule has 0 fully saturated rings. The van der Waals surface area contributed by atoms with E-state index in [1.165, 1.54) is 4.90 Å². The Labute approximate surface area is 222 Å². The van der Waals surface area contributed by atoms with E-state index in [0.717, 1.165) is 22.3 Å². The predicted octanol–water partition coefficient (Wildman–Crippen LogP) is 7.89. The smallest absolute Gasteiger partial charge is 0.414 e. The van der Waals surface area contributed by atoms with Crippen LogP contribution < -0.4 is 4.90 Å². The molecule has 0 bridgehead atoms. The van der Waals surface area contributed by atoms with Gasteiger partial charge in [-0.1, -0.05) is 53.6 Å². The Kier molecular flexibility index (Phi) is 7.20. The van der Waals surface area contributed by atoms with Gasteiger partial charge in [-0.05, 0) is 86.0 Å². The third-order valence-corrected chi connectivity index (χ3v) is 6.86. The van der Waals surface area contributed by atoms with Crippen LogP contribution in [-0.4, -0.2) is 31.3 Å². The minimum absolute atomic E-state index is 0.0870. The highest BCUT2D eigenvalue weighted by atomic mass is 16.6. The van der Waals surface area contributed by atoms with Gasteiger partial charge in [0.25, 0.3) is 0 Å². The fourth-order valence-corrected chi connectivity index (χ4v) is 5.31. The number of hydrogen-bond donors (Lipinski definition) is 0. The molecule has 0 aromatic heterocycles. The Bertz CT molecular complexity index is 1440. The van der Waals surface area contributed by atoms with Gasteiger partial charge in [0.15, 0.2) is 0 Å². The van der Waals surface area contributed by atoms with Gasteiger partial charge in [0.2, 0.25) is 0 Å². The second-order valence-electron chi connectivity index (χ2n) is 10.5. The van der Waals surface area contributed by atoms with E-state index in [-0.39, 0.29) is 23.8 Å². The van der Waals surface area contributed by atoms with Gasteiger partial charge in [-0.25, -0.2) is 9.59 Å². The van der Waals surface area contributed by atoms with Crippen LogP contribution >= 0.6 is 0 Å². The zero-order valence-corrected chi connectivity index (χ0v) is 22.8. The second kappa shape index (κ2) is 10.2. The van der Waals surface area contributed by atoms with Crippen molar-refractivity contribution in [2.24, 2.45) is 5.11 Å². The van der Waals surface area contributed by atoms with Crippen LogP contribution in [-0.2, 0) is 9.47 Å². The number of nitrogens with zero attached hydrogens (tertiary/aromatic N) is 4. The van der Waals surface area contributed by atoms with Crippen molar-refractivity contribution in [2.45, 2.75) is 53.1 Å². The van der Waals surface area contributed by atoms with Crippen molar-refractivity contribution in [2.75, 3.05) is 18.6 Å². The Morgan fingerprint density at radius 3 is 2.03 bits per heavy atom. The number of fused-ring (bicyclic) bond motifs is 3. The van der Waals surface area contributed by atoms with Crippen molar-refractivity contribution < 1.29 is 19.1 Å². The maximum atomic E-state index is 13.4. The molecule has 8 nitrogen and oxygen atoms in total. The van der Waals surface area contributed by atoms with Gasteiger partial charge in [-0.3, -0.25) is 4.90 Å². The standard InChI is InChI=1S/C30H32N4O4/c1-17-25(28(35)38-30(4,5)6)18(2)27(19(3)26(17)32-33-31)34(7)29(36)37-16-24-22-14-10-8-12-20(22)21-13-9-11-15-23(21)24/h8-15,24H,16H2,1-7H3. The van der Waals surface area contributed by atoms with Crippen molar-refractivity contribution in [1.82, 2.24) is 0 Å². The Balaban J connectivity index is 1.67. The molecule has 0 spiro atoms. The van der Waals surface area contributed by atoms with Crippen molar-refractivity contribution in [3.8, 4) is 11.1 Å². The van der Waals surface area contributed by atoms with Crippen LogP contribution in [0.1, 0.15) is 64.9 Å². The topological polar surface area (TPSA) is 105 Å². The summed E-state index contributed by atoms with van der Waals surface area (Å²) in [5.74, 6) is -0.639. The van der Waals surface area contributed by atoms with Gasteiger partial charge >= 0.3 is 12.1 Å². The second-order valence-corrected chi connectivity index (χ2v) is 10.5. The number of amides is 1. The van der Waals surface area contributed by atoms with Gasteiger partial charge < -0.3 is 9.47 Å². The predicted molar refractivity (Wildman–Crippen MR) is 148 cm³/mol. The van der Waals surface area contributed by atoms with E-state index in [1.54, 1.807) is 48.6 Å². The number of hydrogen-bond acceptors (Lipinski definition) is 5. The molecule has 0 aliphatic heterocycles. The zero-order valence-electron chi connectivity index (χ0n) is 22.8. The SMILES string of the molecule is Cc1c(N=[N+]=[N-])c(C)c(N(C)C(=O)OCC2c3ccccc3-c3ccccc32)c(C)c1C(=O)OC(C)(C)C. The average molecular weight is 513 g/mol. The van der Waals surface area contributed by atoms with Crippen LogP contribution in [0.4, 0.5) is 16.2 Å². The molecule has 3 aromatic carbocycles. The van der Waals surface area contributed by atoms with Gasteiger partial charge in [0.1, 0.15) is 12.2 Å². The molecule has 0 N–H and O–H groups in total. The van der Waals surface area contributed by atoms with Crippen molar-refractivity contribution in [3.05, 3.63) is 92.4 Å². The molecular formula is C30H32N4O4. The van der Waals surface area contributed by atoms with Gasteiger partial charge in [-0.15, -0.1) is 0 Å². The van der Waals surface area contributed by atoms with E-state index in [4.69, 9.17) is 9.47 Å². The summed E-state index contributed by atoms with van der Waals surface area (Å²) in [5, 5.41) is 3.84. The first-order chi connectivity index (χ1) is 18.0. The van der Waals surface area contributed by atoms with Crippen LogP contribution in [0.15, 0.2) is 53.6 Å². The van der Waals surface area contributed by atoms with Crippen molar-refractivity contribution >= 4 is 23.4 Å². The fourth-order valence-electron chi connectivity index (χ4n) is 5.31. The number of benzene rings is 3. The number of esters is 1. The molecule has 0 radical (unpaired) electrons. The number of carbonyl (C=O) groups excluding carboxylic acids is 2. The van der Waals surface area contributed by atoms with Crippen LogP contribution in [0, 0.1) is 20.8 Å². The van der Waals surface area contributed by atoms with Crippen LogP contribution in [0.5, 0.6) is 0 Å². The van der Waals surface area contributed by atoms with E-state index in [1.807, 2.05) is 24.3 Å². The average Bonchev–Trinajstić information content (AvgIpc) is 3.17. The van der Waals surface area contributed by atoms with Gasteiger partial charge in [0.05, 0.1) is 11.3 Å². The van der Waals surface area contributed by atoms with Crippen LogP contribution in [0.3, 0.4) is 0 Å². The first-order valence-electron chi connectivity index (χ1n) is 12.5. The molecule has 0 unspecified atom stereocenters. The summed E-state index contributed by atoms with van der Waals surface area (Å²) in [5.41, 5.74) is 15.6. The number of ether oxygens (including phenoxy) is 2. The maximum absolute atomic E-state index is 13.4. The third kappa shape index (κ3) is 4.83. The molecule has 0 saturated carbocycles. The first-order valence-corrected chi connectivity index (χ1v) is 12.5. The Morgan fingerprint density at radius 2 is 1.50 bits per heavy atom. The summed E-state index contributed by atoms with van der Waals surface area (Å²) in [7, 11) is 1.59. The summed E-state index contributed by atoms with van der Waals surface area (Å²) in [6.45, 7) is 10.7. The minimum atomic E-state index is -0.724. The van der Waals surface area contributed by atoms with E-state index in [9.17, 15) is 15.1 Å². The zero-order chi connectivity index (χ0) is 27.8. The summed E-state index contributed by atoms with van der Waals surface area (Å²) >= 11 is 0. The fraction of sp³-hybridized carbons (Fsp3) is 0.333. The van der Waals surface area contributed by atoms with Crippen LogP contribution in [0.25, 0.3) is 21.6 Å². The Morgan fingerprint density at radius 1 is 0.947 bits per heavy atom. The molecule has 196 valence electrons. The summed E-state index contributed by atoms with van der Waals surface area (Å²) in [6.07, 6.45) is -0.580. The lowest BCUT2D eigenvalue weighted by atomic mass is 9.94. The largest absolute Gasteiger partial charge is 0.456 e. The van der Waals surface area contributed by atoms with E-state index < -0.39 is 17.7 Å². The molecular weight excluding hydrogens is 480 g/mol. The molecule has 0 atom stereocenters. The normalized spacial score (nSPS) is 12.3. The molecule has 38 heavy (non-hydrogen) atoms. The number of azide groups is 1. The molecule has 4 rings (SSSR count). The van der Waals surface area contributed by atoms with Crippen molar-refractivity contribution in [1.29, 1.82) is 0 Å². The molecule has 3 aromatic rings. The lowest BCUT2D eigenvalue weighted by molar-refractivity contribution is 0.00679. The van der Waals surface area contributed by atoms with E-state index >= 15 is 0 Å². The molecule has 0 saturated heterocycles. The summed E-state index contributed by atoms with van der Waals surface area (Å²) in [6, 6.07) is 16.3. The lowest BCUT2D eigenvalue weighted by Crippen LogP contribution is -2.31. The minimum Gasteiger partial charge on any atom is -0.456 e. The summed E-state index contributed by atoms with van der Waals surface area (Å²) in [4.78, 5) is 30.8. The van der Waals surface area contributed by atoms with E-state index in [2.05, 4.69) is 34.3 Å². The highest BCUT2D eigenvalue weighted by Crippen LogP contribution is 2.45. The Hall–Kier alpha value is -4.29. The first kappa shape index (κ1) is 26.8. The number of rotatable bonds is 5. The van der Waals surface area contributed by atoms with E-state index in [0.29, 0.717) is 22.4 Å². The molecule has 8 heteroatoms. The lowest BCUT2D eigenvalue weighted by Gasteiger charge is -2.27. The highest BCUT2D eigenvalue weighted by molar-refractivity contribution is 6.00. The van der Waals surface area contributed by atoms with Crippen molar-refractivity contribution in [3.63, 3.8) is 0 Å². The van der Waals surface area contributed by atoms with Crippen LogP contribution in [0.2, 0.25) is 0 Å². The molecule has 1 aliphatic rings. The number of anilines is 1. The molecule has 1 aliphatic carbocycles. The van der Waals surface area contributed by atoms with Gasteiger partial charge in [-0.2, -0.15) is 0 Å². The quantitative estimate of drug-likeness (QED) is 0.150. The molecule has 1 amide bonds. The van der Waals surface area contributed by atoms with Gasteiger partial charge in [0, 0.05) is 23.6 Å². The third-order valence-electron chi connectivity index (χ3n) is 6.86. The summed E-state index contributed by atoms with van der Waals surface area (Å²) < 4.78 is 11.5. The monoisotopic (exact) mass is 512 g/mol. The number of carbonyl (C=O) groups is 2. The molecule has 0 heterocycles. The highest BCUT2D eigenvalue weighted by Gasteiger charge is 2.31.